The van der Waals surface area contributed by atoms with Crippen LogP contribution in [0.4, 0.5) is 0 Å². The average molecular weight is 258 g/mol. The molecule has 1 aromatic carbocycles. The van der Waals surface area contributed by atoms with Crippen LogP contribution in [0.2, 0.25) is 0 Å². The largest absolute Gasteiger partial charge is 0.485 e. The first-order valence-electron chi connectivity index (χ1n) is 6.22. The van der Waals surface area contributed by atoms with Gasteiger partial charge in [-0.3, -0.25) is 0 Å². The van der Waals surface area contributed by atoms with E-state index in [2.05, 4.69) is 23.5 Å². The smallest absolute Gasteiger partial charge is 0.333 e. The third-order valence-corrected chi connectivity index (χ3v) is 2.35. The van der Waals surface area contributed by atoms with Crippen molar-refractivity contribution < 1.29 is 14.3 Å². The summed E-state index contributed by atoms with van der Waals surface area (Å²) in [4.78, 5) is 10.9. The van der Waals surface area contributed by atoms with Crippen LogP contribution >= 0.6 is 0 Å². The van der Waals surface area contributed by atoms with Gasteiger partial charge in [-0.25, -0.2) is 4.79 Å². The zero-order chi connectivity index (χ0) is 13.9. The average Bonchev–Trinajstić information content (AvgIpc) is 2.45. The van der Waals surface area contributed by atoms with Crippen molar-refractivity contribution in [3.8, 4) is 11.8 Å². The van der Waals surface area contributed by atoms with Crippen molar-refractivity contribution in [3.63, 3.8) is 0 Å². The molecule has 0 bridgehead atoms. The van der Waals surface area contributed by atoms with Crippen LogP contribution in [0, 0.1) is 11.8 Å². The molecule has 0 aliphatic rings. The lowest BCUT2D eigenvalue weighted by molar-refractivity contribution is -0.135. The predicted octanol–water partition coefficient (Wildman–Crippen LogP) is 2.91. The van der Waals surface area contributed by atoms with Gasteiger partial charge in [0.25, 0.3) is 0 Å². The standard InChI is InChI=1S/C16H18O3/c1-3-7-15(19-13-12-16(17)18-2)11-10-14-8-5-4-6-9-14/h4-6,8-9,12-13,15H,3,7H2,1-2H3/b13-12+. The molecule has 0 spiro atoms. The van der Waals surface area contributed by atoms with E-state index in [1.54, 1.807) is 0 Å². The van der Waals surface area contributed by atoms with Crippen molar-refractivity contribution in [2.75, 3.05) is 7.11 Å². The molecule has 0 amide bonds. The molecule has 100 valence electrons. The number of carbonyl (C=O) groups excluding carboxylic acids is 1. The number of rotatable bonds is 5. The van der Waals surface area contributed by atoms with Gasteiger partial charge in [0.05, 0.1) is 19.4 Å². The number of ether oxygens (including phenoxy) is 2. The summed E-state index contributed by atoms with van der Waals surface area (Å²) in [5, 5.41) is 0. The zero-order valence-electron chi connectivity index (χ0n) is 11.3. The van der Waals surface area contributed by atoms with E-state index in [-0.39, 0.29) is 6.10 Å². The van der Waals surface area contributed by atoms with Gasteiger partial charge in [0, 0.05) is 5.56 Å². The Hall–Kier alpha value is -2.21. The van der Waals surface area contributed by atoms with Gasteiger partial charge < -0.3 is 9.47 Å². The van der Waals surface area contributed by atoms with Gasteiger partial charge in [-0.2, -0.15) is 0 Å². The fourth-order valence-corrected chi connectivity index (χ4v) is 1.38. The van der Waals surface area contributed by atoms with Crippen LogP contribution in [-0.4, -0.2) is 19.2 Å². The topological polar surface area (TPSA) is 35.5 Å². The second-order valence-electron chi connectivity index (χ2n) is 3.87. The fraction of sp³-hybridized carbons (Fsp3) is 0.312. The predicted molar refractivity (Wildman–Crippen MR) is 74.3 cm³/mol. The maximum absolute atomic E-state index is 10.9. The SMILES string of the molecule is CCCC(C#Cc1ccccc1)O/C=C/C(=O)OC. The van der Waals surface area contributed by atoms with Gasteiger partial charge in [0.1, 0.15) is 0 Å². The molecule has 19 heavy (non-hydrogen) atoms. The molecule has 0 heterocycles. The number of carbonyl (C=O) groups is 1. The van der Waals surface area contributed by atoms with Crippen molar-refractivity contribution >= 4 is 5.97 Å². The lowest BCUT2D eigenvalue weighted by Crippen LogP contribution is -2.06. The molecule has 3 heteroatoms. The monoisotopic (exact) mass is 258 g/mol. The van der Waals surface area contributed by atoms with E-state index in [4.69, 9.17) is 4.74 Å². The van der Waals surface area contributed by atoms with Gasteiger partial charge in [0.2, 0.25) is 0 Å². The molecule has 0 radical (unpaired) electrons. The van der Waals surface area contributed by atoms with E-state index in [1.807, 2.05) is 30.3 Å². The van der Waals surface area contributed by atoms with Crippen molar-refractivity contribution in [2.45, 2.75) is 25.9 Å². The molecule has 1 aromatic rings. The van der Waals surface area contributed by atoms with E-state index in [0.29, 0.717) is 0 Å². The summed E-state index contributed by atoms with van der Waals surface area (Å²) in [5.74, 6) is 5.67. The lowest BCUT2D eigenvalue weighted by atomic mass is 10.2. The van der Waals surface area contributed by atoms with Gasteiger partial charge in [-0.05, 0) is 18.6 Å². The number of hydrogen-bond donors (Lipinski definition) is 0. The van der Waals surface area contributed by atoms with Crippen LogP contribution in [-0.2, 0) is 14.3 Å². The maximum Gasteiger partial charge on any atom is 0.333 e. The number of methoxy groups -OCH3 is 1. The van der Waals surface area contributed by atoms with Crippen LogP contribution in [0.1, 0.15) is 25.3 Å². The zero-order valence-corrected chi connectivity index (χ0v) is 11.3. The van der Waals surface area contributed by atoms with Crippen LogP contribution in [0.15, 0.2) is 42.7 Å². The minimum atomic E-state index is -0.439. The highest BCUT2D eigenvalue weighted by Gasteiger charge is 2.02. The van der Waals surface area contributed by atoms with Crippen molar-refractivity contribution in [1.29, 1.82) is 0 Å². The minimum absolute atomic E-state index is 0.217. The Morgan fingerprint density at radius 3 is 2.74 bits per heavy atom. The molecule has 1 rings (SSSR count). The summed E-state index contributed by atoms with van der Waals surface area (Å²) in [6, 6.07) is 9.72. The highest BCUT2D eigenvalue weighted by Crippen LogP contribution is 2.03. The first-order chi connectivity index (χ1) is 9.26. The summed E-state index contributed by atoms with van der Waals surface area (Å²) in [5.41, 5.74) is 0.948. The highest BCUT2D eigenvalue weighted by atomic mass is 16.5. The van der Waals surface area contributed by atoms with Crippen molar-refractivity contribution in [3.05, 3.63) is 48.2 Å². The molecule has 0 aliphatic heterocycles. The van der Waals surface area contributed by atoms with E-state index in [9.17, 15) is 4.79 Å². The molecule has 0 aliphatic carbocycles. The molecule has 0 saturated heterocycles. The molecule has 0 N–H and O–H groups in total. The van der Waals surface area contributed by atoms with Gasteiger partial charge in [-0.1, -0.05) is 43.4 Å². The summed E-state index contributed by atoms with van der Waals surface area (Å²) in [6.07, 6.45) is 4.13. The Morgan fingerprint density at radius 1 is 1.37 bits per heavy atom. The first-order valence-corrected chi connectivity index (χ1v) is 6.22. The molecule has 0 fully saturated rings. The lowest BCUT2D eigenvalue weighted by Gasteiger charge is -2.08. The van der Waals surface area contributed by atoms with Crippen LogP contribution < -0.4 is 0 Å². The number of esters is 1. The number of hydrogen-bond acceptors (Lipinski definition) is 3. The van der Waals surface area contributed by atoms with E-state index >= 15 is 0 Å². The van der Waals surface area contributed by atoms with Crippen LogP contribution in [0.5, 0.6) is 0 Å². The molecule has 1 atom stereocenters. The molecule has 3 nitrogen and oxygen atoms in total. The second kappa shape index (κ2) is 8.82. The van der Waals surface area contributed by atoms with Gasteiger partial charge in [0.15, 0.2) is 6.10 Å². The third-order valence-electron chi connectivity index (χ3n) is 2.35. The summed E-state index contributed by atoms with van der Waals surface area (Å²) < 4.78 is 9.90. The van der Waals surface area contributed by atoms with Crippen molar-refractivity contribution in [2.24, 2.45) is 0 Å². The quantitative estimate of drug-likeness (QED) is 0.352. The fourth-order valence-electron chi connectivity index (χ4n) is 1.38. The molecule has 1 unspecified atom stereocenters. The molecular formula is C16H18O3. The minimum Gasteiger partial charge on any atom is -0.485 e. The Balaban J connectivity index is 2.61. The van der Waals surface area contributed by atoms with Crippen molar-refractivity contribution in [1.82, 2.24) is 0 Å². The second-order valence-corrected chi connectivity index (χ2v) is 3.87. The third kappa shape index (κ3) is 6.32. The van der Waals surface area contributed by atoms with E-state index < -0.39 is 5.97 Å². The Kier molecular flexibility index (Phi) is 6.89. The molecule has 0 aromatic heterocycles. The number of benzene rings is 1. The van der Waals surface area contributed by atoms with E-state index in [1.165, 1.54) is 19.4 Å². The summed E-state index contributed by atoms with van der Waals surface area (Å²) in [7, 11) is 1.32. The Bertz CT molecular complexity index is 466. The van der Waals surface area contributed by atoms with Crippen LogP contribution in [0.25, 0.3) is 0 Å². The summed E-state index contributed by atoms with van der Waals surface area (Å²) in [6.45, 7) is 2.06. The first kappa shape index (κ1) is 14.8. The Morgan fingerprint density at radius 2 is 2.11 bits per heavy atom. The molecular weight excluding hydrogens is 240 g/mol. The molecule has 0 saturated carbocycles. The highest BCUT2D eigenvalue weighted by molar-refractivity contribution is 5.81. The van der Waals surface area contributed by atoms with E-state index in [0.717, 1.165) is 18.4 Å². The maximum atomic E-state index is 10.9. The van der Waals surface area contributed by atoms with Crippen LogP contribution in [0.3, 0.4) is 0 Å². The summed E-state index contributed by atoms with van der Waals surface area (Å²) >= 11 is 0. The van der Waals surface area contributed by atoms with Gasteiger partial charge in [-0.15, -0.1) is 0 Å². The normalized spacial score (nSPS) is 11.5. The Labute approximate surface area is 114 Å². The van der Waals surface area contributed by atoms with Gasteiger partial charge >= 0.3 is 5.97 Å².